The van der Waals surface area contributed by atoms with Crippen molar-refractivity contribution >= 4 is 8.56 Å². The summed E-state index contributed by atoms with van der Waals surface area (Å²) in [5.41, 5.74) is 11.2. The van der Waals surface area contributed by atoms with E-state index in [0.29, 0.717) is 25.2 Å². The van der Waals surface area contributed by atoms with Crippen molar-refractivity contribution < 1.29 is 23.1 Å². The Morgan fingerprint density at radius 2 is 1.44 bits per heavy atom. The van der Waals surface area contributed by atoms with Gasteiger partial charge in [-0.15, -0.1) is 0 Å². The van der Waals surface area contributed by atoms with Gasteiger partial charge in [0.1, 0.15) is 0 Å². The van der Waals surface area contributed by atoms with Crippen molar-refractivity contribution in [2.45, 2.75) is 24.7 Å². The highest BCUT2D eigenvalue weighted by Crippen LogP contribution is 2.27. The third-order valence-electron chi connectivity index (χ3n) is 2.72. The smallest absolute Gasteiger partial charge is 0.397 e. The van der Waals surface area contributed by atoms with Crippen LogP contribution in [-0.2, 0) is 23.1 Å². The van der Waals surface area contributed by atoms with Gasteiger partial charge >= 0.3 is 14.7 Å². The number of hydrogen-bond acceptors (Lipinski definition) is 7. The van der Waals surface area contributed by atoms with Gasteiger partial charge in [0, 0.05) is 34.5 Å². The molecule has 0 radical (unpaired) electrons. The summed E-state index contributed by atoms with van der Waals surface area (Å²) in [4.78, 5) is 0. The molecule has 0 saturated carbocycles. The van der Waals surface area contributed by atoms with Gasteiger partial charge in [0.15, 0.2) is 0 Å². The van der Waals surface area contributed by atoms with Crippen LogP contribution in [0.4, 0.5) is 0 Å². The Hall–Kier alpha value is -0.0631. The summed E-state index contributed by atoms with van der Waals surface area (Å²) in [7, 11) is 3.35. The van der Waals surface area contributed by atoms with Crippen LogP contribution in [-0.4, -0.2) is 56.2 Å². The van der Waals surface area contributed by atoms with Crippen molar-refractivity contribution in [2.24, 2.45) is 11.5 Å². The van der Waals surface area contributed by atoms with Gasteiger partial charge in [0.25, 0.3) is 0 Å². The Morgan fingerprint density at radius 3 is 1.78 bits per heavy atom. The molecule has 0 aromatic rings. The van der Waals surface area contributed by atoms with Gasteiger partial charge in [0.05, 0.1) is 0 Å². The average Bonchev–Trinajstić information content (AvgIpc) is 2.42. The van der Waals surface area contributed by atoms with Crippen LogP contribution in [0.5, 0.6) is 0 Å². The first-order valence-corrected chi connectivity index (χ1v) is 8.11. The fourth-order valence-electron chi connectivity index (χ4n) is 1.67. The standard InChI is InChI=1S/C10H26N2O5Si/c1-13-10(14-2,15-3)17-18(16-4,9-7-12)8-5-6-11/h5-9,11-12H2,1-4H3. The second-order valence-corrected chi connectivity index (χ2v) is 7.19. The van der Waals surface area contributed by atoms with Gasteiger partial charge in [-0.25, -0.2) is 0 Å². The van der Waals surface area contributed by atoms with E-state index < -0.39 is 14.7 Å². The second-order valence-electron chi connectivity index (χ2n) is 3.76. The molecule has 0 aliphatic heterocycles. The first kappa shape index (κ1) is 17.9. The molecule has 0 saturated heterocycles. The Bertz CT molecular complexity index is 210. The van der Waals surface area contributed by atoms with Gasteiger partial charge in [-0.3, -0.25) is 0 Å². The fraction of sp³-hybridized carbons (Fsp3) is 1.00. The van der Waals surface area contributed by atoms with Crippen LogP contribution in [0, 0.1) is 0 Å². The predicted molar refractivity (Wildman–Crippen MR) is 69.9 cm³/mol. The maximum Gasteiger partial charge on any atom is 0.403 e. The van der Waals surface area contributed by atoms with E-state index >= 15 is 0 Å². The van der Waals surface area contributed by atoms with Crippen molar-refractivity contribution in [3.8, 4) is 0 Å². The summed E-state index contributed by atoms with van der Waals surface area (Å²) in [6.07, 6.45) is -0.765. The lowest BCUT2D eigenvalue weighted by Gasteiger charge is -2.37. The largest absolute Gasteiger partial charge is 0.403 e. The number of rotatable bonds is 11. The van der Waals surface area contributed by atoms with Crippen molar-refractivity contribution in [1.82, 2.24) is 0 Å². The maximum atomic E-state index is 5.88. The van der Waals surface area contributed by atoms with Crippen LogP contribution in [0.25, 0.3) is 0 Å². The molecule has 0 rings (SSSR count). The minimum atomic E-state index is -2.57. The minimum absolute atomic E-state index is 0.456. The van der Waals surface area contributed by atoms with E-state index in [0.717, 1.165) is 6.42 Å². The summed E-state index contributed by atoms with van der Waals surface area (Å²) in [5, 5.41) is 0. The summed E-state index contributed by atoms with van der Waals surface area (Å²) < 4.78 is 26.9. The van der Waals surface area contributed by atoms with E-state index in [1.807, 2.05) is 0 Å². The van der Waals surface area contributed by atoms with Crippen molar-refractivity contribution in [3.63, 3.8) is 0 Å². The first-order valence-electron chi connectivity index (χ1n) is 5.88. The van der Waals surface area contributed by atoms with Crippen LogP contribution in [0.3, 0.4) is 0 Å². The van der Waals surface area contributed by atoms with E-state index in [4.69, 9.17) is 34.5 Å². The predicted octanol–water partition coefficient (Wildman–Crippen LogP) is -0.0504. The van der Waals surface area contributed by atoms with E-state index in [2.05, 4.69) is 0 Å². The molecular weight excluding hydrogens is 256 g/mol. The highest BCUT2D eigenvalue weighted by molar-refractivity contribution is 6.67. The lowest BCUT2D eigenvalue weighted by molar-refractivity contribution is -0.456. The monoisotopic (exact) mass is 282 g/mol. The third-order valence-corrected chi connectivity index (χ3v) is 6.25. The molecule has 0 aromatic carbocycles. The topological polar surface area (TPSA) is 98.2 Å². The Kier molecular flexibility index (Phi) is 8.91. The van der Waals surface area contributed by atoms with Gasteiger partial charge < -0.3 is 34.5 Å². The summed E-state index contributed by atoms with van der Waals surface area (Å²) >= 11 is 0. The Morgan fingerprint density at radius 1 is 0.889 bits per heavy atom. The normalized spacial score (nSPS) is 15.7. The molecule has 0 fully saturated rings. The van der Waals surface area contributed by atoms with Gasteiger partial charge in [-0.1, -0.05) is 0 Å². The number of methoxy groups -OCH3 is 3. The molecule has 110 valence electrons. The van der Waals surface area contributed by atoms with E-state index in [1.165, 1.54) is 21.3 Å². The molecule has 0 aliphatic rings. The van der Waals surface area contributed by atoms with E-state index in [9.17, 15) is 0 Å². The Labute approximate surface area is 110 Å². The second kappa shape index (κ2) is 8.94. The maximum absolute atomic E-state index is 5.88. The lowest BCUT2D eigenvalue weighted by Crippen LogP contribution is -2.54. The molecule has 0 aliphatic carbocycles. The van der Waals surface area contributed by atoms with Crippen molar-refractivity contribution in [1.29, 1.82) is 0 Å². The van der Waals surface area contributed by atoms with Crippen LogP contribution < -0.4 is 11.5 Å². The lowest BCUT2D eigenvalue weighted by atomic mass is 10.5. The Balaban J connectivity index is 4.92. The zero-order valence-electron chi connectivity index (χ0n) is 11.7. The van der Waals surface area contributed by atoms with Gasteiger partial charge in [-0.05, 0) is 25.6 Å². The first-order chi connectivity index (χ1) is 8.57. The van der Waals surface area contributed by atoms with Crippen LogP contribution >= 0.6 is 0 Å². The number of nitrogens with two attached hydrogens (primary N) is 2. The molecule has 0 heterocycles. The molecular formula is C10H26N2O5Si. The van der Waals surface area contributed by atoms with Crippen LogP contribution in [0.2, 0.25) is 12.1 Å². The molecule has 8 heteroatoms. The number of ether oxygens (including phenoxy) is 3. The van der Waals surface area contributed by atoms with Crippen LogP contribution in [0.1, 0.15) is 6.42 Å². The molecule has 4 N–H and O–H groups in total. The molecule has 0 aromatic heterocycles. The fourth-order valence-corrected chi connectivity index (χ4v) is 4.50. The summed E-state index contributed by atoms with van der Waals surface area (Å²) in [6.45, 7) is 1.02. The average molecular weight is 282 g/mol. The van der Waals surface area contributed by atoms with Gasteiger partial charge in [-0.2, -0.15) is 0 Å². The molecule has 0 bridgehead atoms. The van der Waals surface area contributed by atoms with Crippen molar-refractivity contribution in [3.05, 3.63) is 0 Å². The van der Waals surface area contributed by atoms with E-state index in [1.54, 1.807) is 7.11 Å². The van der Waals surface area contributed by atoms with Crippen molar-refractivity contribution in [2.75, 3.05) is 41.5 Å². The quantitative estimate of drug-likeness (QED) is 0.405. The zero-order valence-corrected chi connectivity index (χ0v) is 12.7. The molecule has 18 heavy (non-hydrogen) atoms. The number of hydrogen-bond donors (Lipinski definition) is 2. The van der Waals surface area contributed by atoms with Crippen LogP contribution in [0.15, 0.2) is 0 Å². The molecule has 0 spiro atoms. The molecule has 1 atom stereocenters. The highest BCUT2D eigenvalue weighted by atomic mass is 28.4. The SMILES string of the molecule is COC(OC)(OC)O[Si](CCN)(CCCN)OC. The van der Waals surface area contributed by atoms with Gasteiger partial charge in [0.2, 0.25) is 0 Å². The molecule has 7 nitrogen and oxygen atoms in total. The molecule has 1 unspecified atom stereocenters. The zero-order chi connectivity index (χ0) is 14.1. The third kappa shape index (κ3) is 4.90. The summed E-state index contributed by atoms with van der Waals surface area (Å²) in [5.74, 6) is 0. The summed E-state index contributed by atoms with van der Waals surface area (Å²) in [6, 6.07) is 1.32. The minimum Gasteiger partial charge on any atom is -0.397 e. The van der Waals surface area contributed by atoms with E-state index in [-0.39, 0.29) is 0 Å². The highest BCUT2D eigenvalue weighted by Gasteiger charge is 2.46. The molecule has 0 amide bonds.